The highest BCUT2D eigenvalue weighted by Crippen LogP contribution is 1.97. The molecule has 92 valence electrons. The van der Waals surface area contributed by atoms with Crippen molar-refractivity contribution in [3.8, 4) is 0 Å². The van der Waals surface area contributed by atoms with Crippen LogP contribution < -0.4 is 5.32 Å². The van der Waals surface area contributed by atoms with Crippen molar-refractivity contribution in [2.45, 2.75) is 46.0 Å². The fraction of sp³-hybridized carbons (Fsp3) is 1.00. The molecule has 0 aromatic heterocycles. The molecular weight excluding hydrogens is 210 g/mol. The minimum absolute atomic E-state index is 0.267. The van der Waals surface area contributed by atoms with Crippen molar-refractivity contribution in [2.75, 3.05) is 24.6 Å². The first-order valence-electron chi connectivity index (χ1n) is 6.03. The maximum absolute atomic E-state index is 11.1. The van der Waals surface area contributed by atoms with Crippen molar-refractivity contribution in [1.82, 2.24) is 5.32 Å². The highest BCUT2D eigenvalue weighted by atomic mass is 32.2. The van der Waals surface area contributed by atoms with Crippen LogP contribution >= 0.6 is 0 Å². The lowest BCUT2D eigenvalue weighted by Gasteiger charge is -2.04. The summed E-state index contributed by atoms with van der Waals surface area (Å²) in [5.74, 6) is 0.592. The fourth-order valence-electron chi connectivity index (χ4n) is 1.36. The van der Waals surface area contributed by atoms with Crippen molar-refractivity contribution < 1.29 is 8.42 Å². The van der Waals surface area contributed by atoms with Gasteiger partial charge in [0.2, 0.25) is 0 Å². The molecule has 0 radical (unpaired) electrons. The van der Waals surface area contributed by atoms with E-state index in [2.05, 4.69) is 12.2 Å². The molecule has 3 nitrogen and oxygen atoms in total. The first kappa shape index (κ1) is 14.9. The number of rotatable bonds is 10. The third kappa shape index (κ3) is 10.2. The van der Waals surface area contributed by atoms with Gasteiger partial charge in [-0.2, -0.15) is 0 Å². The average Bonchev–Trinajstić information content (AvgIpc) is 2.22. The summed E-state index contributed by atoms with van der Waals surface area (Å²) in [6.45, 7) is 5.74. The van der Waals surface area contributed by atoms with Crippen LogP contribution in [0.5, 0.6) is 0 Å². The van der Waals surface area contributed by atoms with Crippen molar-refractivity contribution in [3.05, 3.63) is 0 Å². The smallest absolute Gasteiger partial charge is 0.150 e. The molecule has 0 aromatic carbocycles. The second-order valence-corrected chi connectivity index (χ2v) is 6.37. The molecule has 0 aliphatic heterocycles. The van der Waals surface area contributed by atoms with E-state index in [1.165, 1.54) is 25.7 Å². The molecule has 0 heterocycles. The molecule has 0 spiro atoms. The summed E-state index contributed by atoms with van der Waals surface area (Å²) in [5, 5.41) is 3.28. The lowest BCUT2D eigenvalue weighted by molar-refractivity contribution is 0.579. The van der Waals surface area contributed by atoms with Crippen LogP contribution in [0.4, 0.5) is 0 Å². The van der Waals surface area contributed by atoms with E-state index in [-0.39, 0.29) is 5.75 Å². The van der Waals surface area contributed by atoms with Gasteiger partial charge in [-0.1, -0.05) is 33.1 Å². The van der Waals surface area contributed by atoms with Crippen molar-refractivity contribution in [2.24, 2.45) is 0 Å². The number of sulfone groups is 1. The number of nitrogens with one attached hydrogen (secondary N) is 1. The Morgan fingerprint density at radius 1 is 0.933 bits per heavy atom. The van der Waals surface area contributed by atoms with Crippen LogP contribution in [-0.2, 0) is 9.84 Å². The summed E-state index contributed by atoms with van der Waals surface area (Å²) >= 11 is 0. The topological polar surface area (TPSA) is 46.2 Å². The predicted octanol–water partition coefficient (Wildman–Crippen LogP) is 1.98. The molecule has 0 fully saturated rings. The lowest BCUT2D eigenvalue weighted by Crippen LogP contribution is -2.20. The van der Waals surface area contributed by atoms with Crippen molar-refractivity contribution in [1.29, 1.82) is 0 Å². The van der Waals surface area contributed by atoms with Crippen LogP contribution in [0.15, 0.2) is 0 Å². The van der Waals surface area contributed by atoms with Gasteiger partial charge >= 0.3 is 0 Å². The van der Waals surface area contributed by atoms with E-state index in [0.717, 1.165) is 19.5 Å². The number of hydrogen-bond acceptors (Lipinski definition) is 3. The molecule has 0 unspecified atom stereocenters. The molecule has 0 rings (SSSR count). The van der Waals surface area contributed by atoms with Gasteiger partial charge in [0.15, 0.2) is 0 Å². The largest absolute Gasteiger partial charge is 0.317 e. The third-order valence-electron chi connectivity index (χ3n) is 2.46. The number of unbranched alkanes of at least 4 members (excludes halogenated alkanes) is 3. The molecule has 15 heavy (non-hydrogen) atoms. The van der Waals surface area contributed by atoms with Gasteiger partial charge in [-0.25, -0.2) is 8.42 Å². The quantitative estimate of drug-likeness (QED) is 0.589. The van der Waals surface area contributed by atoms with Gasteiger partial charge in [-0.3, -0.25) is 0 Å². The standard InChI is InChI=1S/C11H25NO2S/c1-3-5-6-7-9-12-10-8-11-15(13,14)4-2/h12H,3-11H2,1-2H3. The van der Waals surface area contributed by atoms with Crippen LogP contribution in [0.1, 0.15) is 46.0 Å². The summed E-state index contributed by atoms with van der Waals surface area (Å²) in [5.41, 5.74) is 0. The second-order valence-electron chi connectivity index (χ2n) is 3.90. The van der Waals surface area contributed by atoms with Crippen LogP contribution in [0.2, 0.25) is 0 Å². The van der Waals surface area contributed by atoms with E-state index in [4.69, 9.17) is 0 Å². The van der Waals surface area contributed by atoms with Crippen molar-refractivity contribution >= 4 is 9.84 Å². The number of hydrogen-bond donors (Lipinski definition) is 1. The zero-order valence-corrected chi connectivity index (χ0v) is 10.9. The molecule has 0 saturated carbocycles. The molecule has 0 aromatic rings. The summed E-state index contributed by atoms with van der Waals surface area (Å²) in [6.07, 6.45) is 5.77. The normalized spacial score (nSPS) is 11.9. The van der Waals surface area contributed by atoms with E-state index < -0.39 is 9.84 Å². The predicted molar refractivity (Wildman–Crippen MR) is 66.0 cm³/mol. The Morgan fingerprint density at radius 2 is 1.60 bits per heavy atom. The van der Waals surface area contributed by atoms with Gasteiger partial charge in [-0.15, -0.1) is 0 Å². The summed E-state index contributed by atoms with van der Waals surface area (Å²) in [4.78, 5) is 0. The lowest BCUT2D eigenvalue weighted by atomic mass is 10.2. The fourth-order valence-corrected chi connectivity index (χ4v) is 2.24. The highest BCUT2D eigenvalue weighted by molar-refractivity contribution is 7.91. The van der Waals surface area contributed by atoms with E-state index in [1.54, 1.807) is 6.92 Å². The van der Waals surface area contributed by atoms with Gasteiger partial charge in [0, 0.05) is 5.75 Å². The van der Waals surface area contributed by atoms with Gasteiger partial charge in [0.25, 0.3) is 0 Å². The molecular formula is C11H25NO2S. The zero-order valence-electron chi connectivity index (χ0n) is 10.1. The molecule has 1 N–H and O–H groups in total. The monoisotopic (exact) mass is 235 g/mol. The van der Waals surface area contributed by atoms with Gasteiger partial charge in [-0.05, 0) is 25.9 Å². The summed E-state index contributed by atoms with van der Waals surface area (Å²) < 4.78 is 22.3. The van der Waals surface area contributed by atoms with Gasteiger partial charge in [0.05, 0.1) is 5.75 Å². The maximum Gasteiger partial charge on any atom is 0.150 e. The minimum Gasteiger partial charge on any atom is -0.317 e. The van der Waals surface area contributed by atoms with Gasteiger partial charge < -0.3 is 5.32 Å². The Balaban J connectivity index is 3.19. The Kier molecular flexibility index (Phi) is 9.10. The van der Waals surface area contributed by atoms with E-state index >= 15 is 0 Å². The van der Waals surface area contributed by atoms with E-state index in [9.17, 15) is 8.42 Å². The first-order valence-corrected chi connectivity index (χ1v) is 7.85. The van der Waals surface area contributed by atoms with Crippen LogP contribution in [0.25, 0.3) is 0 Å². The average molecular weight is 235 g/mol. The second kappa shape index (κ2) is 9.16. The molecule has 0 aliphatic rings. The Hall–Kier alpha value is -0.0900. The van der Waals surface area contributed by atoms with Crippen LogP contribution in [-0.4, -0.2) is 33.0 Å². The minimum atomic E-state index is -2.76. The maximum atomic E-state index is 11.1. The molecule has 0 amide bonds. The SMILES string of the molecule is CCCCCCNCCCS(=O)(=O)CC. The third-order valence-corrected chi connectivity index (χ3v) is 4.25. The molecule has 0 bridgehead atoms. The van der Waals surface area contributed by atoms with Crippen molar-refractivity contribution in [3.63, 3.8) is 0 Å². The van der Waals surface area contributed by atoms with Gasteiger partial charge in [0.1, 0.15) is 9.84 Å². The first-order chi connectivity index (χ1) is 7.12. The van der Waals surface area contributed by atoms with E-state index in [1.807, 2.05) is 0 Å². The molecule has 0 aliphatic carbocycles. The molecule has 0 saturated heterocycles. The molecule has 0 atom stereocenters. The van der Waals surface area contributed by atoms with Crippen LogP contribution in [0.3, 0.4) is 0 Å². The highest BCUT2D eigenvalue weighted by Gasteiger charge is 2.05. The summed E-state index contributed by atoms with van der Waals surface area (Å²) in [7, 11) is -2.76. The molecule has 4 heteroatoms. The Labute approximate surface area is 94.6 Å². The van der Waals surface area contributed by atoms with Crippen LogP contribution in [0, 0.1) is 0 Å². The summed E-state index contributed by atoms with van der Waals surface area (Å²) in [6, 6.07) is 0. The Morgan fingerprint density at radius 3 is 2.20 bits per heavy atom. The Bertz CT molecular complexity index is 225. The zero-order chi connectivity index (χ0) is 11.6. The van der Waals surface area contributed by atoms with E-state index in [0.29, 0.717) is 5.75 Å².